The fraction of sp³-hybridized carbons (Fsp3) is 1.00. The molecule has 0 radical (unpaired) electrons. The average Bonchev–Trinajstić information content (AvgIpc) is 2.23. The number of nitrogens with one attached hydrogen (secondary N) is 1. The van der Waals surface area contributed by atoms with Crippen LogP contribution in [-0.4, -0.2) is 37.6 Å². The fourth-order valence-corrected chi connectivity index (χ4v) is 3.20. The van der Waals surface area contributed by atoms with Gasteiger partial charge < -0.3 is 10.2 Å². The van der Waals surface area contributed by atoms with E-state index in [9.17, 15) is 0 Å². The first kappa shape index (κ1) is 14.0. The van der Waals surface area contributed by atoms with Crippen LogP contribution in [0.25, 0.3) is 0 Å². The van der Waals surface area contributed by atoms with Crippen molar-refractivity contribution in [1.82, 2.24) is 10.2 Å². The highest BCUT2D eigenvalue weighted by atomic mass is 15.1. The van der Waals surface area contributed by atoms with Crippen molar-refractivity contribution in [1.29, 1.82) is 0 Å². The summed E-state index contributed by atoms with van der Waals surface area (Å²) >= 11 is 0. The minimum atomic E-state index is 0.734. The Hall–Kier alpha value is -0.0800. The number of hydrogen-bond donors (Lipinski definition) is 1. The van der Waals surface area contributed by atoms with E-state index < -0.39 is 0 Å². The second-order valence-corrected chi connectivity index (χ2v) is 5.74. The van der Waals surface area contributed by atoms with Gasteiger partial charge in [-0.2, -0.15) is 0 Å². The molecule has 0 aromatic heterocycles. The Kier molecular flexibility index (Phi) is 5.77. The van der Waals surface area contributed by atoms with E-state index in [1.54, 1.807) is 0 Å². The van der Waals surface area contributed by atoms with E-state index in [4.69, 9.17) is 0 Å². The predicted molar refractivity (Wildman–Crippen MR) is 71.7 cm³/mol. The van der Waals surface area contributed by atoms with Crippen LogP contribution in [0, 0.1) is 17.8 Å². The lowest BCUT2D eigenvalue weighted by atomic mass is 9.72. The second-order valence-electron chi connectivity index (χ2n) is 5.74. The van der Waals surface area contributed by atoms with E-state index in [0.29, 0.717) is 0 Å². The lowest BCUT2D eigenvalue weighted by Crippen LogP contribution is -2.48. The number of hydrogen-bond acceptors (Lipinski definition) is 2. The zero-order valence-corrected chi connectivity index (χ0v) is 11.8. The molecular formula is C14H30N2. The van der Waals surface area contributed by atoms with Gasteiger partial charge in [-0.3, -0.25) is 0 Å². The van der Waals surface area contributed by atoms with E-state index in [2.05, 4.69) is 45.0 Å². The topological polar surface area (TPSA) is 15.3 Å². The minimum Gasteiger partial charge on any atom is -0.314 e. The van der Waals surface area contributed by atoms with Crippen molar-refractivity contribution in [2.24, 2.45) is 17.8 Å². The maximum atomic E-state index is 3.70. The molecular weight excluding hydrogens is 196 g/mol. The summed E-state index contributed by atoms with van der Waals surface area (Å²) in [7, 11) is 2.24. The predicted octanol–water partition coefficient (Wildman–Crippen LogP) is 2.60. The highest BCUT2D eigenvalue weighted by Crippen LogP contribution is 2.34. The molecule has 1 saturated carbocycles. The molecule has 4 unspecified atom stereocenters. The molecule has 0 spiro atoms. The molecule has 1 fully saturated rings. The minimum absolute atomic E-state index is 0.734. The van der Waals surface area contributed by atoms with Crippen molar-refractivity contribution in [3.05, 3.63) is 0 Å². The van der Waals surface area contributed by atoms with Gasteiger partial charge in [0.15, 0.2) is 0 Å². The van der Waals surface area contributed by atoms with Crippen LogP contribution < -0.4 is 5.32 Å². The van der Waals surface area contributed by atoms with Gasteiger partial charge in [-0.15, -0.1) is 0 Å². The number of nitrogens with zero attached hydrogens (tertiary/aromatic N) is 1. The molecule has 0 aliphatic heterocycles. The summed E-state index contributed by atoms with van der Waals surface area (Å²) in [6, 6.07) is 0.734. The van der Waals surface area contributed by atoms with Crippen LogP contribution in [0.3, 0.4) is 0 Å². The molecule has 0 heterocycles. The monoisotopic (exact) mass is 226 g/mol. The van der Waals surface area contributed by atoms with E-state index in [1.807, 2.05) is 0 Å². The molecule has 1 aliphatic carbocycles. The third kappa shape index (κ3) is 3.74. The molecule has 0 bridgehead atoms. The van der Waals surface area contributed by atoms with Crippen LogP contribution in [0.2, 0.25) is 0 Å². The van der Waals surface area contributed by atoms with Gasteiger partial charge in [-0.1, -0.05) is 27.7 Å². The molecule has 0 aromatic rings. The van der Waals surface area contributed by atoms with Crippen molar-refractivity contribution in [2.75, 3.05) is 26.7 Å². The van der Waals surface area contributed by atoms with E-state index >= 15 is 0 Å². The Balaban J connectivity index is 2.59. The van der Waals surface area contributed by atoms with Crippen LogP contribution >= 0.6 is 0 Å². The van der Waals surface area contributed by atoms with Crippen LogP contribution in [0.15, 0.2) is 0 Å². The van der Waals surface area contributed by atoms with Crippen molar-refractivity contribution < 1.29 is 0 Å². The molecule has 1 rings (SSSR count). The molecule has 0 amide bonds. The molecule has 4 atom stereocenters. The van der Waals surface area contributed by atoms with Gasteiger partial charge >= 0.3 is 0 Å². The van der Waals surface area contributed by atoms with Crippen molar-refractivity contribution in [3.63, 3.8) is 0 Å². The zero-order chi connectivity index (χ0) is 12.1. The molecule has 16 heavy (non-hydrogen) atoms. The Morgan fingerprint density at radius 2 is 1.88 bits per heavy atom. The highest BCUT2D eigenvalue weighted by Gasteiger charge is 2.33. The maximum Gasteiger partial charge on any atom is 0.0112 e. The van der Waals surface area contributed by atoms with Gasteiger partial charge in [0.05, 0.1) is 0 Å². The number of rotatable bonds is 5. The summed E-state index contributed by atoms with van der Waals surface area (Å²) in [5.41, 5.74) is 0. The third-order valence-electron chi connectivity index (χ3n) is 4.21. The summed E-state index contributed by atoms with van der Waals surface area (Å²) in [6.07, 6.45) is 2.77. The summed E-state index contributed by atoms with van der Waals surface area (Å²) in [5.74, 6) is 2.59. The Bertz CT molecular complexity index is 193. The summed E-state index contributed by atoms with van der Waals surface area (Å²) < 4.78 is 0. The summed E-state index contributed by atoms with van der Waals surface area (Å²) in [5, 5.41) is 3.70. The van der Waals surface area contributed by atoms with E-state index in [-0.39, 0.29) is 0 Å². The highest BCUT2D eigenvalue weighted by molar-refractivity contribution is 4.88. The molecule has 2 nitrogen and oxygen atoms in total. The van der Waals surface area contributed by atoms with Crippen LogP contribution in [0.1, 0.15) is 40.5 Å². The van der Waals surface area contributed by atoms with Gasteiger partial charge in [0.2, 0.25) is 0 Å². The first-order valence-electron chi connectivity index (χ1n) is 7.00. The quantitative estimate of drug-likeness (QED) is 0.775. The Morgan fingerprint density at radius 3 is 2.44 bits per heavy atom. The van der Waals surface area contributed by atoms with Gasteiger partial charge in [0, 0.05) is 12.6 Å². The Morgan fingerprint density at radius 1 is 1.19 bits per heavy atom. The van der Waals surface area contributed by atoms with Gasteiger partial charge in [-0.25, -0.2) is 0 Å². The van der Waals surface area contributed by atoms with Gasteiger partial charge in [0.1, 0.15) is 0 Å². The zero-order valence-electron chi connectivity index (χ0n) is 11.8. The molecule has 1 N–H and O–H groups in total. The normalized spacial score (nSPS) is 35.6. The summed E-state index contributed by atoms with van der Waals surface area (Å²) in [4.78, 5) is 2.46. The first-order chi connectivity index (χ1) is 7.58. The molecule has 2 heteroatoms. The molecule has 0 saturated heterocycles. The molecule has 96 valence electrons. The van der Waals surface area contributed by atoms with E-state index in [1.165, 1.54) is 19.4 Å². The van der Waals surface area contributed by atoms with Crippen molar-refractivity contribution >= 4 is 0 Å². The van der Waals surface area contributed by atoms with Crippen LogP contribution in [0.5, 0.6) is 0 Å². The maximum absolute atomic E-state index is 3.70. The third-order valence-corrected chi connectivity index (χ3v) is 4.21. The smallest absolute Gasteiger partial charge is 0.0112 e. The van der Waals surface area contributed by atoms with Crippen molar-refractivity contribution in [2.45, 2.75) is 46.6 Å². The SMILES string of the molecule is CCNC1CC(C)CC(C)C1CN(C)CC. The molecule has 1 aliphatic rings. The Labute approximate surface area is 102 Å². The summed E-state index contributed by atoms with van der Waals surface area (Å²) in [6.45, 7) is 12.8. The van der Waals surface area contributed by atoms with E-state index in [0.717, 1.165) is 36.9 Å². The van der Waals surface area contributed by atoms with Crippen LogP contribution in [-0.2, 0) is 0 Å². The lowest BCUT2D eigenvalue weighted by Gasteiger charge is -2.41. The average molecular weight is 226 g/mol. The van der Waals surface area contributed by atoms with Gasteiger partial charge in [0.25, 0.3) is 0 Å². The van der Waals surface area contributed by atoms with Gasteiger partial charge in [-0.05, 0) is 50.7 Å². The van der Waals surface area contributed by atoms with Crippen LogP contribution in [0.4, 0.5) is 0 Å². The molecule has 0 aromatic carbocycles. The standard InChI is InChI=1S/C14H30N2/c1-6-15-14-9-11(3)8-12(4)13(14)10-16(5)7-2/h11-15H,6-10H2,1-5H3. The fourth-order valence-electron chi connectivity index (χ4n) is 3.20. The first-order valence-corrected chi connectivity index (χ1v) is 7.00. The van der Waals surface area contributed by atoms with Crippen molar-refractivity contribution in [3.8, 4) is 0 Å². The largest absolute Gasteiger partial charge is 0.314 e. The second kappa shape index (κ2) is 6.61. The lowest BCUT2D eigenvalue weighted by molar-refractivity contribution is 0.114.